The highest BCUT2D eigenvalue weighted by Gasteiger charge is 2.25. The molecule has 1 aliphatic heterocycles. The zero-order valence-electron chi connectivity index (χ0n) is 9.08. The lowest BCUT2D eigenvalue weighted by Crippen LogP contribution is -2.40. The molecule has 90 valence electrons. The molecule has 0 unspecified atom stereocenters. The van der Waals surface area contributed by atoms with Crippen LogP contribution in [-0.4, -0.2) is 24.9 Å². The molecule has 0 saturated heterocycles. The molecule has 1 aromatic carbocycles. The van der Waals surface area contributed by atoms with Crippen LogP contribution in [0.1, 0.15) is 0 Å². The minimum Gasteiger partial charge on any atom is -0.482 e. The smallest absolute Gasteiger partial charge is 0.265 e. The molecular weight excluding hydrogens is 305 g/mol. The summed E-state index contributed by atoms with van der Waals surface area (Å²) in [5.41, 5.74) is 1.55. The van der Waals surface area contributed by atoms with Gasteiger partial charge in [-0.25, -0.2) is 0 Å². The summed E-state index contributed by atoms with van der Waals surface area (Å²) in [6.45, 7) is 4.30. The van der Waals surface area contributed by atoms with E-state index in [2.05, 4.69) is 22.5 Å². The van der Waals surface area contributed by atoms with Crippen LogP contribution in [0.2, 0.25) is 0 Å². The van der Waals surface area contributed by atoms with E-state index >= 15 is 0 Å². The maximum absolute atomic E-state index is 11.8. The van der Waals surface area contributed by atoms with Crippen molar-refractivity contribution in [2.24, 2.45) is 0 Å². The van der Waals surface area contributed by atoms with Gasteiger partial charge in [-0.15, -0.1) is 11.6 Å². The topological polar surface area (TPSA) is 29.5 Å². The van der Waals surface area contributed by atoms with Crippen molar-refractivity contribution in [3.05, 3.63) is 34.8 Å². The highest BCUT2D eigenvalue weighted by atomic mass is 79.9. The third-order valence-corrected chi connectivity index (χ3v) is 3.31. The Bertz CT molecular complexity index is 476. The maximum atomic E-state index is 11.8. The molecule has 0 fully saturated rings. The van der Waals surface area contributed by atoms with E-state index in [1.807, 2.05) is 18.2 Å². The van der Waals surface area contributed by atoms with Gasteiger partial charge in [0.25, 0.3) is 5.91 Å². The van der Waals surface area contributed by atoms with Gasteiger partial charge >= 0.3 is 0 Å². The normalized spacial score (nSPS) is 14.2. The van der Waals surface area contributed by atoms with Crippen LogP contribution >= 0.6 is 27.5 Å². The van der Waals surface area contributed by atoms with Gasteiger partial charge in [-0.3, -0.25) is 4.79 Å². The molecule has 1 aliphatic rings. The number of amides is 1. The number of alkyl halides is 1. The van der Waals surface area contributed by atoms with Crippen molar-refractivity contribution in [1.29, 1.82) is 0 Å². The highest BCUT2D eigenvalue weighted by molar-refractivity contribution is 9.10. The van der Waals surface area contributed by atoms with Crippen molar-refractivity contribution >= 4 is 39.1 Å². The Morgan fingerprint density at radius 3 is 3.06 bits per heavy atom. The maximum Gasteiger partial charge on any atom is 0.265 e. The molecule has 0 bridgehead atoms. The molecule has 1 heterocycles. The Morgan fingerprint density at radius 1 is 1.59 bits per heavy atom. The number of fused-ring (bicyclic) bond motifs is 1. The molecule has 0 aromatic heterocycles. The van der Waals surface area contributed by atoms with Gasteiger partial charge in [0.2, 0.25) is 0 Å². The van der Waals surface area contributed by atoms with Crippen LogP contribution in [0.4, 0.5) is 5.69 Å². The van der Waals surface area contributed by atoms with Crippen LogP contribution in [0.5, 0.6) is 5.75 Å². The summed E-state index contributed by atoms with van der Waals surface area (Å²) >= 11 is 9.08. The van der Waals surface area contributed by atoms with Crippen molar-refractivity contribution in [3.8, 4) is 5.75 Å². The van der Waals surface area contributed by atoms with Gasteiger partial charge < -0.3 is 9.64 Å². The molecule has 0 spiro atoms. The van der Waals surface area contributed by atoms with E-state index in [9.17, 15) is 4.79 Å². The van der Waals surface area contributed by atoms with E-state index in [0.29, 0.717) is 18.2 Å². The number of benzene rings is 1. The largest absolute Gasteiger partial charge is 0.482 e. The molecule has 0 N–H and O–H groups in total. The summed E-state index contributed by atoms with van der Waals surface area (Å²) < 4.78 is 6.26. The van der Waals surface area contributed by atoms with Gasteiger partial charge in [0.15, 0.2) is 6.61 Å². The number of ether oxygens (including phenoxy) is 1. The van der Waals surface area contributed by atoms with Gasteiger partial charge in [0, 0.05) is 16.9 Å². The Kier molecular flexibility index (Phi) is 3.74. The average molecular weight is 317 g/mol. The van der Waals surface area contributed by atoms with Crippen LogP contribution < -0.4 is 9.64 Å². The molecule has 0 radical (unpaired) electrons. The number of carbonyl (C=O) groups is 1. The lowest BCUT2D eigenvalue weighted by atomic mass is 10.2. The van der Waals surface area contributed by atoms with E-state index in [1.165, 1.54) is 0 Å². The van der Waals surface area contributed by atoms with Crippen molar-refractivity contribution < 1.29 is 9.53 Å². The zero-order chi connectivity index (χ0) is 12.4. The van der Waals surface area contributed by atoms with Crippen LogP contribution in [0.3, 0.4) is 0 Å². The van der Waals surface area contributed by atoms with E-state index < -0.39 is 0 Å². The quantitative estimate of drug-likeness (QED) is 0.634. The SMILES string of the molecule is C=C(CCl)CN1C(=O)COc2ccc(Br)cc21. The summed E-state index contributed by atoms with van der Waals surface area (Å²) in [6, 6.07) is 5.57. The van der Waals surface area contributed by atoms with E-state index in [0.717, 1.165) is 15.7 Å². The minimum atomic E-state index is -0.0816. The Hall–Kier alpha value is -1.000. The van der Waals surface area contributed by atoms with Gasteiger partial charge in [0.05, 0.1) is 5.69 Å². The molecule has 2 rings (SSSR count). The molecule has 1 aromatic rings. The molecule has 5 heteroatoms. The van der Waals surface area contributed by atoms with Crippen LogP contribution in [-0.2, 0) is 4.79 Å². The van der Waals surface area contributed by atoms with Crippen molar-refractivity contribution in [2.75, 3.05) is 23.9 Å². The standard InChI is InChI=1S/C12H11BrClNO2/c1-8(5-14)6-15-10-4-9(13)2-3-11(10)17-7-12(15)16/h2-4H,1,5-7H2. The first kappa shape index (κ1) is 12.5. The fourth-order valence-electron chi connectivity index (χ4n) is 1.61. The number of carbonyl (C=O) groups excluding carboxylic acids is 1. The summed E-state index contributed by atoms with van der Waals surface area (Å²) in [7, 11) is 0. The average Bonchev–Trinajstić information content (AvgIpc) is 2.32. The lowest BCUT2D eigenvalue weighted by Gasteiger charge is -2.29. The Balaban J connectivity index is 2.35. The number of rotatable bonds is 3. The van der Waals surface area contributed by atoms with Crippen molar-refractivity contribution in [3.63, 3.8) is 0 Å². The number of anilines is 1. The first-order valence-corrected chi connectivity index (χ1v) is 6.40. The van der Waals surface area contributed by atoms with Crippen LogP contribution in [0.25, 0.3) is 0 Å². The predicted molar refractivity (Wildman–Crippen MR) is 71.9 cm³/mol. The number of hydrogen-bond donors (Lipinski definition) is 0. The van der Waals surface area contributed by atoms with E-state index in [4.69, 9.17) is 16.3 Å². The van der Waals surface area contributed by atoms with Crippen molar-refractivity contribution in [1.82, 2.24) is 0 Å². The van der Waals surface area contributed by atoms with E-state index in [-0.39, 0.29) is 12.5 Å². The number of halogens is 2. The van der Waals surface area contributed by atoms with Gasteiger partial charge in [0.1, 0.15) is 5.75 Å². The molecule has 0 aliphatic carbocycles. The van der Waals surface area contributed by atoms with Gasteiger partial charge in [-0.2, -0.15) is 0 Å². The number of nitrogens with zero attached hydrogens (tertiary/aromatic N) is 1. The third kappa shape index (κ3) is 2.64. The molecular formula is C12H11BrClNO2. The van der Waals surface area contributed by atoms with Crippen LogP contribution in [0, 0.1) is 0 Å². The minimum absolute atomic E-state index is 0.0597. The summed E-state index contributed by atoms with van der Waals surface area (Å²) in [6.07, 6.45) is 0. The summed E-state index contributed by atoms with van der Waals surface area (Å²) in [5.74, 6) is 0.964. The van der Waals surface area contributed by atoms with Gasteiger partial charge in [-0.05, 0) is 23.8 Å². The fourth-order valence-corrected chi connectivity index (χ4v) is 2.05. The fraction of sp³-hybridized carbons (Fsp3) is 0.250. The third-order valence-electron chi connectivity index (χ3n) is 2.43. The first-order chi connectivity index (χ1) is 8.11. The van der Waals surface area contributed by atoms with Crippen LogP contribution in [0.15, 0.2) is 34.8 Å². The second-order valence-electron chi connectivity index (χ2n) is 3.76. The molecule has 17 heavy (non-hydrogen) atoms. The summed E-state index contributed by atoms with van der Waals surface area (Å²) in [5, 5.41) is 0. The predicted octanol–water partition coefficient (Wildman–Crippen LogP) is 2.97. The van der Waals surface area contributed by atoms with Gasteiger partial charge in [-0.1, -0.05) is 22.5 Å². The molecule has 0 saturated carbocycles. The molecule has 1 amide bonds. The van der Waals surface area contributed by atoms with E-state index in [1.54, 1.807) is 4.90 Å². The lowest BCUT2D eigenvalue weighted by molar-refractivity contribution is -0.121. The Labute approximate surface area is 113 Å². The zero-order valence-corrected chi connectivity index (χ0v) is 11.4. The first-order valence-electron chi connectivity index (χ1n) is 5.07. The Morgan fingerprint density at radius 2 is 2.35 bits per heavy atom. The monoisotopic (exact) mass is 315 g/mol. The molecule has 3 nitrogen and oxygen atoms in total. The highest BCUT2D eigenvalue weighted by Crippen LogP contribution is 2.34. The summed E-state index contributed by atoms with van der Waals surface area (Å²) in [4.78, 5) is 13.5. The second kappa shape index (κ2) is 5.10. The van der Waals surface area contributed by atoms with Crippen molar-refractivity contribution in [2.45, 2.75) is 0 Å². The number of hydrogen-bond acceptors (Lipinski definition) is 2. The second-order valence-corrected chi connectivity index (χ2v) is 4.95. The molecule has 0 atom stereocenters.